The van der Waals surface area contributed by atoms with Crippen LogP contribution in [-0.4, -0.2) is 43.6 Å². The van der Waals surface area contributed by atoms with E-state index in [4.69, 9.17) is 4.74 Å². The Morgan fingerprint density at radius 3 is 2.31 bits per heavy atom. The number of hydrogen-bond acceptors (Lipinski definition) is 4. The van der Waals surface area contributed by atoms with Crippen LogP contribution in [0.3, 0.4) is 0 Å². The van der Waals surface area contributed by atoms with E-state index in [0.717, 1.165) is 55.3 Å². The first-order chi connectivity index (χ1) is 15.6. The van der Waals surface area contributed by atoms with E-state index in [9.17, 15) is 4.79 Å². The zero-order chi connectivity index (χ0) is 22.3. The van der Waals surface area contributed by atoms with Crippen LogP contribution >= 0.6 is 0 Å². The maximum atomic E-state index is 12.3. The molecule has 4 rings (SSSR count). The number of nitrogens with one attached hydrogen (secondary N) is 1. The van der Waals surface area contributed by atoms with Gasteiger partial charge in [-0.15, -0.1) is 0 Å². The fourth-order valence-corrected chi connectivity index (χ4v) is 3.98. The average Bonchev–Trinajstić information content (AvgIpc) is 2.82. The van der Waals surface area contributed by atoms with Crippen molar-refractivity contribution in [2.45, 2.75) is 20.4 Å². The number of nitrogens with zero attached hydrogens (tertiary/aromatic N) is 2. The number of hydrogen-bond donors (Lipinski definition) is 1. The molecule has 0 aliphatic carbocycles. The standard InChI is InChI=1S/C27H31N3O2/c1-21-7-6-10-26(22(21)2)32-20-27(31)28-24-11-13-25(14-12-24)30-17-15-29(16-18-30)19-23-8-4-3-5-9-23/h3-14H,15-20H2,1-2H3,(H,28,31). The fourth-order valence-electron chi connectivity index (χ4n) is 3.98. The number of carbonyl (C=O) groups is 1. The maximum absolute atomic E-state index is 12.3. The van der Waals surface area contributed by atoms with Gasteiger partial charge in [-0.05, 0) is 60.9 Å². The van der Waals surface area contributed by atoms with Crippen molar-refractivity contribution in [1.29, 1.82) is 0 Å². The van der Waals surface area contributed by atoms with Gasteiger partial charge in [0.15, 0.2) is 6.61 Å². The lowest BCUT2D eigenvalue weighted by molar-refractivity contribution is -0.118. The molecule has 1 aliphatic heterocycles. The molecule has 0 aromatic heterocycles. The molecule has 3 aromatic carbocycles. The number of carbonyl (C=O) groups excluding carboxylic acids is 1. The minimum absolute atomic E-state index is 0.00454. The molecule has 1 aliphatic rings. The largest absolute Gasteiger partial charge is 0.483 e. The summed E-state index contributed by atoms with van der Waals surface area (Å²) in [6.45, 7) is 9.13. The van der Waals surface area contributed by atoms with E-state index in [0.29, 0.717) is 0 Å². The first-order valence-corrected chi connectivity index (χ1v) is 11.2. The SMILES string of the molecule is Cc1cccc(OCC(=O)Nc2ccc(N3CCN(Cc4ccccc4)CC3)cc2)c1C. The Kier molecular flexibility index (Phi) is 7.07. The van der Waals surface area contributed by atoms with Crippen molar-refractivity contribution in [3.05, 3.63) is 89.5 Å². The van der Waals surface area contributed by atoms with E-state index in [-0.39, 0.29) is 12.5 Å². The van der Waals surface area contributed by atoms with Crippen molar-refractivity contribution >= 4 is 17.3 Å². The summed E-state index contributed by atoms with van der Waals surface area (Å²) in [6, 6.07) is 24.6. The Morgan fingerprint density at radius 1 is 0.875 bits per heavy atom. The van der Waals surface area contributed by atoms with E-state index in [1.807, 2.05) is 44.2 Å². The molecule has 0 saturated carbocycles. The molecule has 0 radical (unpaired) electrons. The number of anilines is 2. The van der Waals surface area contributed by atoms with Crippen molar-refractivity contribution in [2.75, 3.05) is 43.0 Å². The molecular weight excluding hydrogens is 398 g/mol. The molecule has 0 bridgehead atoms. The third kappa shape index (κ3) is 5.68. The molecule has 5 heteroatoms. The van der Waals surface area contributed by atoms with E-state index in [2.05, 4.69) is 57.6 Å². The van der Waals surface area contributed by atoms with Crippen LogP contribution in [0.2, 0.25) is 0 Å². The van der Waals surface area contributed by atoms with Crippen LogP contribution in [0.15, 0.2) is 72.8 Å². The highest BCUT2D eigenvalue weighted by molar-refractivity contribution is 5.92. The molecule has 0 spiro atoms. The van der Waals surface area contributed by atoms with Gasteiger partial charge in [0.1, 0.15) is 5.75 Å². The van der Waals surface area contributed by atoms with Crippen molar-refractivity contribution in [3.8, 4) is 5.75 Å². The average molecular weight is 430 g/mol. The summed E-state index contributed by atoms with van der Waals surface area (Å²) in [5.74, 6) is 0.593. The number of rotatable bonds is 7. The smallest absolute Gasteiger partial charge is 0.262 e. The first kappa shape index (κ1) is 21.9. The Balaban J connectivity index is 1.24. The Morgan fingerprint density at radius 2 is 1.59 bits per heavy atom. The normalized spacial score (nSPS) is 14.2. The summed E-state index contributed by atoms with van der Waals surface area (Å²) in [7, 11) is 0. The van der Waals surface area contributed by atoms with E-state index in [1.54, 1.807) is 0 Å². The zero-order valence-electron chi connectivity index (χ0n) is 18.9. The predicted molar refractivity (Wildman–Crippen MR) is 130 cm³/mol. The number of benzene rings is 3. The molecule has 1 fully saturated rings. The molecule has 32 heavy (non-hydrogen) atoms. The van der Waals surface area contributed by atoms with E-state index < -0.39 is 0 Å². The summed E-state index contributed by atoms with van der Waals surface area (Å²) >= 11 is 0. The summed E-state index contributed by atoms with van der Waals surface area (Å²) in [4.78, 5) is 17.2. The minimum atomic E-state index is -0.159. The second kappa shape index (κ2) is 10.3. The van der Waals surface area contributed by atoms with Gasteiger partial charge in [0.05, 0.1) is 0 Å². The molecule has 0 atom stereocenters. The molecule has 1 saturated heterocycles. The topological polar surface area (TPSA) is 44.8 Å². The lowest BCUT2D eigenvalue weighted by Crippen LogP contribution is -2.45. The molecule has 1 heterocycles. The van der Waals surface area contributed by atoms with Gasteiger partial charge in [0.2, 0.25) is 0 Å². The predicted octanol–water partition coefficient (Wildman–Crippen LogP) is 4.64. The summed E-state index contributed by atoms with van der Waals surface area (Å²) in [6.07, 6.45) is 0. The van der Waals surface area contributed by atoms with Gasteiger partial charge >= 0.3 is 0 Å². The number of piperazine rings is 1. The van der Waals surface area contributed by atoms with Crippen LogP contribution in [0.4, 0.5) is 11.4 Å². The molecule has 3 aromatic rings. The van der Waals surface area contributed by atoms with Crippen LogP contribution in [0.25, 0.3) is 0 Å². The Bertz CT molecular complexity index is 1030. The van der Waals surface area contributed by atoms with Crippen molar-refractivity contribution in [3.63, 3.8) is 0 Å². The van der Waals surface area contributed by atoms with E-state index in [1.165, 1.54) is 11.3 Å². The summed E-state index contributed by atoms with van der Waals surface area (Å²) in [5, 5.41) is 2.92. The van der Waals surface area contributed by atoms with Gasteiger partial charge in [-0.2, -0.15) is 0 Å². The van der Waals surface area contributed by atoms with Gasteiger partial charge in [-0.25, -0.2) is 0 Å². The molecule has 1 amide bonds. The summed E-state index contributed by atoms with van der Waals surface area (Å²) in [5.41, 5.74) is 5.55. The molecule has 0 unspecified atom stereocenters. The lowest BCUT2D eigenvalue weighted by Gasteiger charge is -2.36. The van der Waals surface area contributed by atoms with Gasteiger partial charge < -0.3 is 15.0 Å². The van der Waals surface area contributed by atoms with Crippen LogP contribution in [0, 0.1) is 13.8 Å². The van der Waals surface area contributed by atoms with Crippen molar-refractivity contribution in [2.24, 2.45) is 0 Å². The minimum Gasteiger partial charge on any atom is -0.483 e. The maximum Gasteiger partial charge on any atom is 0.262 e. The zero-order valence-corrected chi connectivity index (χ0v) is 18.9. The lowest BCUT2D eigenvalue weighted by atomic mass is 10.1. The van der Waals surface area contributed by atoms with Crippen LogP contribution in [-0.2, 0) is 11.3 Å². The third-order valence-corrected chi connectivity index (χ3v) is 6.05. The van der Waals surface area contributed by atoms with Crippen LogP contribution in [0.5, 0.6) is 5.75 Å². The Labute approximate surface area is 190 Å². The number of amides is 1. The molecule has 5 nitrogen and oxygen atoms in total. The van der Waals surface area contributed by atoms with Crippen LogP contribution < -0.4 is 15.0 Å². The van der Waals surface area contributed by atoms with Crippen LogP contribution in [0.1, 0.15) is 16.7 Å². The quantitative estimate of drug-likeness (QED) is 0.594. The Hall–Kier alpha value is -3.31. The van der Waals surface area contributed by atoms with Gasteiger partial charge in [0, 0.05) is 44.1 Å². The highest BCUT2D eigenvalue weighted by atomic mass is 16.5. The second-order valence-corrected chi connectivity index (χ2v) is 8.33. The van der Waals surface area contributed by atoms with E-state index >= 15 is 0 Å². The highest BCUT2D eigenvalue weighted by Gasteiger charge is 2.17. The first-order valence-electron chi connectivity index (χ1n) is 11.2. The van der Waals surface area contributed by atoms with Gasteiger partial charge in [0.25, 0.3) is 5.91 Å². The van der Waals surface area contributed by atoms with Crippen molar-refractivity contribution < 1.29 is 9.53 Å². The number of ether oxygens (including phenoxy) is 1. The highest BCUT2D eigenvalue weighted by Crippen LogP contribution is 2.22. The van der Waals surface area contributed by atoms with Gasteiger partial charge in [-0.3, -0.25) is 9.69 Å². The summed E-state index contributed by atoms with van der Waals surface area (Å²) < 4.78 is 5.70. The van der Waals surface area contributed by atoms with Crippen molar-refractivity contribution in [1.82, 2.24) is 4.90 Å². The third-order valence-electron chi connectivity index (χ3n) is 6.05. The molecule has 166 valence electrons. The second-order valence-electron chi connectivity index (χ2n) is 8.33. The molecule has 1 N–H and O–H groups in total. The fraction of sp³-hybridized carbons (Fsp3) is 0.296. The van der Waals surface area contributed by atoms with Gasteiger partial charge in [-0.1, -0.05) is 42.5 Å². The number of aryl methyl sites for hydroxylation is 1. The monoisotopic (exact) mass is 429 g/mol. The molecular formula is C27H31N3O2.